The third-order valence-corrected chi connectivity index (χ3v) is 3.33. The van der Waals surface area contributed by atoms with Crippen molar-refractivity contribution in [3.63, 3.8) is 0 Å². The smallest absolute Gasteiger partial charge is 0.231 e. The van der Waals surface area contributed by atoms with Gasteiger partial charge >= 0.3 is 0 Å². The topological polar surface area (TPSA) is 62.3 Å². The van der Waals surface area contributed by atoms with Gasteiger partial charge in [-0.15, -0.1) is 0 Å². The summed E-state index contributed by atoms with van der Waals surface area (Å²) in [6.45, 7) is 2.96. The lowest BCUT2D eigenvalue weighted by atomic mass is 10.0. The van der Waals surface area contributed by atoms with Crippen molar-refractivity contribution in [2.75, 3.05) is 13.3 Å². The van der Waals surface area contributed by atoms with Crippen molar-refractivity contribution in [1.29, 1.82) is 0 Å². The van der Waals surface area contributed by atoms with Crippen LogP contribution < -0.4 is 15.2 Å². The van der Waals surface area contributed by atoms with Gasteiger partial charge in [-0.1, -0.05) is 0 Å². The zero-order valence-corrected chi connectivity index (χ0v) is 11.1. The number of ether oxygens (including phenoxy) is 2. The molecule has 0 radical (unpaired) electrons. The minimum Gasteiger partial charge on any atom is -0.454 e. The second-order valence-electron chi connectivity index (χ2n) is 4.70. The van der Waals surface area contributed by atoms with Crippen LogP contribution in [0, 0.1) is 6.92 Å². The lowest BCUT2D eigenvalue weighted by Crippen LogP contribution is -2.03. The van der Waals surface area contributed by atoms with Crippen LogP contribution in [-0.4, -0.2) is 23.1 Å². The highest BCUT2D eigenvalue weighted by molar-refractivity contribution is 5.69. The van der Waals surface area contributed by atoms with Crippen LogP contribution in [0.5, 0.6) is 11.5 Å². The fourth-order valence-electron chi connectivity index (χ4n) is 2.37. The molecular formula is C14H17N3O2. The lowest BCUT2D eigenvalue weighted by molar-refractivity contribution is 0.174. The fraction of sp³-hybridized carbons (Fsp3) is 0.357. The molecule has 0 saturated heterocycles. The molecule has 0 atom stereocenters. The van der Waals surface area contributed by atoms with Gasteiger partial charge in [0.15, 0.2) is 11.5 Å². The van der Waals surface area contributed by atoms with Crippen LogP contribution in [0.1, 0.15) is 11.3 Å². The first-order valence-corrected chi connectivity index (χ1v) is 6.32. The number of hydrogen-bond acceptors (Lipinski definition) is 4. The molecule has 0 bridgehead atoms. The van der Waals surface area contributed by atoms with E-state index in [4.69, 9.17) is 15.2 Å². The second-order valence-corrected chi connectivity index (χ2v) is 4.70. The van der Waals surface area contributed by atoms with E-state index in [0.29, 0.717) is 13.3 Å². The van der Waals surface area contributed by atoms with Crippen LogP contribution in [-0.2, 0) is 13.5 Å². The molecule has 2 aromatic rings. The molecule has 100 valence electrons. The highest BCUT2D eigenvalue weighted by Crippen LogP contribution is 2.38. The molecule has 1 aliphatic heterocycles. The van der Waals surface area contributed by atoms with Crippen molar-refractivity contribution in [2.45, 2.75) is 13.3 Å². The summed E-state index contributed by atoms with van der Waals surface area (Å²) in [6, 6.07) is 6.10. The van der Waals surface area contributed by atoms with E-state index in [2.05, 4.69) is 18.1 Å². The standard InChI is InChI=1S/C14H17N3O2/c1-9-5-13-14(19-8-18-13)7-11(9)12-6-10(3-4-15)16-17(12)2/h5-7H,3-4,8,15H2,1-2H3. The van der Waals surface area contributed by atoms with Crippen LogP contribution in [0.25, 0.3) is 11.3 Å². The van der Waals surface area contributed by atoms with Gasteiger partial charge in [0, 0.05) is 19.0 Å². The average molecular weight is 259 g/mol. The van der Waals surface area contributed by atoms with E-state index >= 15 is 0 Å². The van der Waals surface area contributed by atoms with Gasteiger partial charge in [-0.2, -0.15) is 5.10 Å². The first-order chi connectivity index (χ1) is 9.19. The quantitative estimate of drug-likeness (QED) is 0.910. The molecule has 3 rings (SSSR count). The largest absolute Gasteiger partial charge is 0.454 e. The summed E-state index contributed by atoms with van der Waals surface area (Å²) >= 11 is 0. The Balaban J connectivity index is 2.06. The van der Waals surface area contributed by atoms with E-state index in [1.807, 2.05) is 23.9 Å². The Kier molecular flexibility index (Phi) is 2.91. The normalized spacial score (nSPS) is 13.0. The molecule has 0 spiro atoms. The van der Waals surface area contributed by atoms with Gasteiger partial charge in [-0.05, 0) is 37.2 Å². The van der Waals surface area contributed by atoms with E-state index in [1.165, 1.54) is 0 Å². The Morgan fingerprint density at radius 1 is 1.26 bits per heavy atom. The van der Waals surface area contributed by atoms with Crippen LogP contribution in [0.15, 0.2) is 18.2 Å². The monoisotopic (exact) mass is 259 g/mol. The van der Waals surface area contributed by atoms with Gasteiger partial charge in [-0.3, -0.25) is 4.68 Å². The van der Waals surface area contributed by atoms with E-state index in [0.717, 1.165) is 40.4 Å². The second kappa shape index (κ2) is 4.59. The summed E-state index contributed by atoms with van der Waals surface area (Å²) in [6.07, 6.45) is 0.789. The van der Waals surface area contributed by atoms with Gasteiger partial charge in [0.2, 0.25) is 6.79 Å². The predicted molar refractivity (Wildman–Crippen MR) is 72.3 cm³/mol. The van der Waals surface area contributed by atoms with Crippen LogP contribution in [0.3, 0.4) is 0 Å². The molecule has 5 heteroatoms. The molecule has 0 amide bonds. The van der Waals surface area contributed by atoms with Crippen LogP contribution in [0.4, 0.5) is 0 Å². The number of nitrogens with zero attached hydrogens (tertiary/aromatic N) is 2. The number of fused-ring (bicyclic) bond motifs is 1. The summed E-state index contributed by atoms with van der Waals surface area (Å²) in [5, 5.41) is 4.48. The van der Waals surface area contributed by atoms with Gasteiger partial charge in [0.05, 0.1) is 11.4 Å². The molecule has 1 aromatic carbocycles. The van der Waals surface area contributed by atoms with Crippen molar-refractivity contribution in [3.05, 3.63) is 29.5 Å². The molecule has 5 nitrogen and oxygen atoms in total. The Bertz CT molecular complexity index is 619. The number of nitrogens with two attached hydrogens (primary N) is 1. The van der Waals surface area contributed by atoms with Gasteiger partial charge < -0.3 is 15.2 Å². The fourth-order valence-corrected chi connectivity index (χ4v) is 2.37. The first-order valence-electron chi connectivity index (χ1n) is 6.32. The molecule has 19 heavy (non-hydrogen) atoms. The molecule has 0 saturated carbocycles. The summed E-state index contributed by atoms with van der Waals surface area (Å²) < 4.78 is 12.7. The van der Waals surface area contributed by atoms with Gasteiger partial charge in [0.25, 0.3) is 0 Å². The Morgan fingerprint density at radius 3 is 2.74 bits per heavy atom. The Hall–Kier alpha value is -2.01. The predicted octanol–water partition coefficient (Wildman–Crippen LogP) is 1.63. The molecule has 2 heterocycles. The number of aromatic nitrogens is 2. The first kappa shape index (κ1) is 12.0. The SMILES string of the molecule is Cc1cc2c(cc1-c1cc(CCN)nn1C)OCO2. The molecule has 0 fully saturated rings. The highest BCUT2D eigenvalue weighted by atomic mass is 16.7. The van der Waals surface area contributed by atoms with E-state index in [1.54, 1.807) is 0 Å². The maximum absolute atomic E-state index is 5.58. The summed E-state index contributed by atoms with van der Waals surface area (Å²) in [7, 11) is 1.94. The van der Waals surface area contributed by atoms with E-state index < -0.39 is 0 Å². The summed E-state index contributed by atoms with van der Waals surface area (Å²) in [4.78, 5) is 0. The average Bonchev–Trinajstić information content (AvgIpc) is 2.95. The number of aryl methyl sites for hydroxylation is 2. The highest BCUT2D eigenvalue weighted by Gasteiger charge is 2.18. The summed E-state index contributed by atoms with van der Waals surface area (Å²) in [5.74, 6) is 1.60. The van der Waals surface area contributed by atoms with Gasteiger partial charge in [-0.25, -0.2) is 0 Å². The van der Waals surface area contributed by atoms with Crippen molar-refractivity contribution >= 4 is 0 Å². The van der Waals surface area contributed by atoms with Crippen molar-refractivity contribution in [2.24, 2.45) is 12.8 Å². The molecule has 1 aliphatic rings. The minimum atomic E-state index is 0.294. The van der Waals surface area contributed by atoms with Crippen molar-refractivity contribution in [3.8, 4) is 22.8 Å². The number of rotatable bonds is 3. The van der Waals surface area contributed by atoms with Gasteiger partial charge in [0.1, 0.15) is 0 Å². The minimum absolute atomic E-state index is 0.294. The Labute approximate surface area is 111 Å². The number of benzene rings is 1. The summed E-state index contributed by atoms with van der Waals surface area (Å²) in [5.41, 5.74) is 9.91. The maximum atomic E-state index is 5.58. The molecule has 0 unspecified atom stereocenters. The van der Waals surface area contributed by atoms with Crippen molar-refractivity contribution < 1.29 is 9.47 Å². The molecule has 2 N–H and O–H groups in total. The van der Waals surface area contributed by atoms with Crippen molar-refractivity contribution in [1.82, 2.24) is 9.78 Å². The zero-order chi connectivity index (χ0) is 13.4. The maximum Gasteiger partial charge on any atom is 0.231 e. The van der Waals surface area contributed by atoms with E-state index in [-0.39, 0.29) is 0 Å². The Morgan fingerprint density at radius 2 is 2.00 bits per heavy atom. The zero-order valence-electron chi connectivity index (χ0n) is 11.1. The molecular weight excluding hydrogens is 242 g/mol. The number of hydrogen-bond donors (Lipinski definition) is 1. The van der Waals surface area contributed by atoms with E-state index in [9.17, 15) is 0 Å². The third-order valence-electron chi connectivity index (χ3n) is 3.33. The molecule has 0 aliphatic carbocycles. The lowest BCUT2D eigenvalue weighted by Gasteiger charge is -2.07. The third kappa shape index (κ3) is 2.06. The molecule has 1 aromatic heterocycles. The van der Waals surface area contributed by atoms with Crippen LogP contribution >= 0.6 is 0 Å². The van der Waals surface area contributed by atoms with Crippen LogP contribution in [0.2, 0.25) is 0 Å².